The van der Waals surface area contributed by atoms with E-state index < -0.39 is 0 Å². The summed E-state index contributed by atoms with van der Waals surface area (Å²) in [5.74, 6) is -0.00174. The first-order valence-corrected chi connectivity index (χ1v) is 6.64. The average Bonchev–Trinajstić information content (AvgIpc) is 2.59. The van der Waals surface area contributed by atoms with E-state index >= 15 is 0 Å². The molecule has 102 valence electrons. The van der Waals surface area contributed by atoms with Crippen molar-refractivity contribution in [2.24, 2.45) is 0 Å². The number of carbonyl (C=O) groups excluding carboxylic acids is 1. The van der Waals surface area contributed by atoms with E-state index in [2.05, 4.69) is 12.1 Å². The van der Waals surface area contributed by atoms with E-state index in [0.717, 1.165) is 22.0 Å². The molecule has 1 aromatic heterocycles. The van der Waals surface area contributed by atoms with Crippen LogP contribution >= 0.6 is 11.6 Å². The zero-order valence-corrected chi connectivity index (χ0v) is 12.5. The number of hydrogen-bond acceptors (Lipinski definition) is 2. The SMILES string of the molecule is COCCn1c(Cl)c(C(C)=O)c2c(C)cc(C)cc21. The molecule has 0 aliphatic heterocycles. The average molecular weight is 280 g/mol. The monoisotopic (exact) mass is 279 g/mol. The van der Waals surface area contributed by atoms with Gasteiger partial charge in [-0.1, -0.05) is 17.7 Å². The van der Waals surface area contributed by atoms with Crippen LogP contribution in [0.25, 0.3) is 10.9 Å². The second-order valence-corrected chi connectivity index (χ2v) is 5.20. The Labute approximate surface area is 118 Å². The minimum absolute atomic E-state index is 0.00174. The van der Waals surface area contributed by atoms with Crippen LogP contribution in [-0.4, -0.2) is 24.1 Å². The molecule has 0 fully saturated rings. The summed E-state index contributed by atoms with van der Waals surface area (Å²) in [4.78, 5) is 11.9. The van der Waals surface area contributed by atoms with Gasteiger partial charge >= 0.3 is 0 Å². The summed E-state index contributed by atoms with van der Waals surface area (Å²) >= 11 is 6.39. The predicted molar refractivity (Wildman–Crippen MR) is 78.3 cm³/mol. The summed E-state index contributed by atoms with van der Waals surface area (Å²) in [7, 11) is 1.65. The molecule has 0 N–H and O–H groups in total. The maximum atomic E-state index is 11.9. The Morgan fingerprint density at radius 3 is 2.63 bits per heavy atom. The molecule has 1 aromatic carbocycles. The molecule has 2 aromatic rings. The maximum Gasteiger partial charge on any atom is 0.163 e. The third kappa shape index (κ3) is 2.40. The lowest BCUT2D eigenvalue weighted by Crippen LogP contribution is -2.04. The van der Waals surface area contributed by atoms with Crippen LogP contribution in [0, 0.1) is 13.8 Å². The smallest absolute Gasteiger partial charge is 0.163 e. The minimum atomic E-state index is -0.00174. The highest BCUT2D eigenvalue weighted by atomic mass is 35.5. The fraction of sp³-hybridized carbons (Fsp3) is 0.400. The number of ketones is 1. The Morgan fingerprint density at radius 2 is 2.05 bits per heavy atom. The second kappa shape index (κ2) is 5.35. The lowest BCUT2D eigenvalue weighted by atomic mass is 10.0. The largest absolute Gasteiger partial charge is 0.383 e. The van der Waals surface area contributed by atoms with Crippen molar-refractivity contribution in [3.05, 3.63) is 34.0 Å². The quantitative estimate of drug-likeness (QED) is 0.798. The highest BCUT2D eigenvalue weighted by Crippen LogP contribution is 2.33. The number of hydrogen-bond donors (Lipinski definition) is 0. The van der Waals surface area contributed by atoms with Gasteiger partial charge in [-0.3, -0.25) is 4.79 Å². The molecule has 0 aliphatic carbocycles. The zero-order chi connectivity index (χ0) is 14.2. The third-order valence-corrected chi connectivity index (χ3v) is 3.71. The Hall–Kier alpha value is -1.32. The van der Waals surface area contributed by atoms with Crippen molar-refractivity contribution in [3.63, 3.8) is 0 Å². The normalized spacial score (nSPS) is 11.2. The number of rotatable bonds is 4. The van der Waals surface area contributed by atoms with Gasteiger partial charge in [0.15, 0.2) is 5.78 Å². The first-order chi connectivity index (χ1) is 8.97. The lowest BCUT2D eigenvalue weighted by molar-refractivity contribution is 0.101. The van der Waals surface area contributed by atoms with E-state index in [1.54, 1.807) is 14.0 Å². The van der Waals surface area contributed by atoms with Gasteiger partial charge < -0.3 is 9.30 Å². The molecule has 0 spiro atoms. The summed E-state index contributed by atoms with van der Waals surface area (Å²) in [6.45, 7) is 6.82. The van der Waals surface area contributed by atoms with Gasteiger partial charge in [0.2, 0.25) is 0 Å². The zero-order valence-electron chi connectivity index (χ0n) is 11.7. The molecule has 0 unspecified atom stereocenters. The highest BCUT2D eigenvalue weighted by Gasteiger charge is 2.20. The number of Topliss-reactive ketones (excluding diaryl/α,β-unsaturated/α-hetero) is 1. The van der Waals surface area contributed by atoms with Gasteiger partial charge in [0.1, 0.15) is 5.15 Å². The fourth-order valence-corrected chi connectivity index (χ4v) is 2.95. The molecular weight excluding hydrogens is 262 g/mol. The number of nitrogens with zero attached hydrogens (tertiary/aromatic N) is 1. The number of aromatic nitrogens is 1. The molecule has 0 saturated heterocycles. The van der Waals surface area contributed by atoms with Crippen LogP contribution in [0.1, 0.15) is 28.4 Å². The summed E-state index contributed by atoms with van der Waals surface area (Å²) in [6.07, 6.45) is 0. The molecule has 0 atom stereocenters. The van der Waals surface area contributed by atoms with Gasteiger partial charge in [-0.2, -0.15) is 0 Å². The third-order valence-electron chi connectivity index (χ3n) is 3.31. The number of halogens is 1. The van der Waals surface area contributed by atoms with Crippen molar-refractivity contribution in [3.8, 4) is 0 Å². The van der Waals surface area contributed by atoms with Gasteiger partial charge in [-0.15, -0.1) is 0 Å². The number of aryl methyl sites for hydroxylation is 2. The van der Waals surface area contributed by atoms with Crippen molar-refractivity contribution < 1.29 is 9.53 Å². The van der Waals surface area contributed by atoms with Gasteiger partial charge in [-0.05, 0) is 38.0 Å². The standard InChI is InChI=1S/C15H18ClNO2/c1-9-7-10(2)13-12(8-9)17(5-6-19-4)15(16)14(13)11(3)18/h7-8H,5-6H2,1-4H3. The molecule has 3 nitrogen and oxygen atoms in total. The summed E-state index contributed by atoms with van der Waals surface area (Å²) in [6, 6.07) is 4.14. The van der Waals surface area contributed by atoms with Crippen molar-refractivity contribution in [2.45, 2.75) is 27.3 Å². The molecule has 0 aliphatic rings. The molecule has 4 heteroatoms. The van der Waals surface area contributed by atoms with Gasteiger partial charge in [0, 0.05) is 19.0 Å². The Morgan fingerprint density at radius 1 is 1.37 bits per heavy atom. The van der Waals surface area contributed by atoms with E-state index in [9.17, 15) is 4.79 Å². The molecular formula is C15H18ClNO2. The molecule has 1 heterocycles. The van der Waals surface area contributed by atoms with Crippen molar-refractivity contribution in [1.29, 1.82) is 0 Å². The first-order valence-electron chi connectivity index (χ1n) is 6.26. The van der Waals surface area contributed by atoms with Crippen LogP contribution in [0.15, 0.2) is 12.1 Å². The second-order valence-electron chi connectivity index (χ2n) is 4.84. The Kier molecular flexibility index (Phi) is 3.97. The number of carbonyl (C=O) groups is 1. The van der Waals surface area contributed by atoms with E-state index in [4.69, 9.17) is 16.3 Å². The Balaban J connectivity index is 2.80. The van der Waals surface area contributed by atoms with Crippen LogP contribution in [0.4, 0.5) is 0 Å². The highest BCUT2D eigenvalue weighted by molar-refractivity contribution is 6.35. The van der Waals surface area contributed by atoms with Crippen LogP contribution in [0.5, 0.6) is 0 Å². The molecule has 2 rings (SSSR count). The predicted octanol–water partition coefficient (Wildman–Crippen LogP) is 3.76. The number of ether oxygens (including phenoxy) is 1. The van der Waals surface area contributed by atoms with E-state index in [1.807, 2.05) is 18.4 Å². The lowest BCUT2D eigenvalue weighted by Gasteiger charge is -2.07. The molecule has 0 radical (unpaired) electrons. The van der Waals surface area contributed by atoms with Crippen molar-refractivity contribution in [1.82, 2.24) is 4.57 Å². The summed E-state index contributed by atoms with van der Waals surface area (Å²) in [5, 5.41) is 1.47. The van der Waals surface area contributed by atoms with Crippen LogP contribution in [0.3, 0.4) is 0 Å². The maximum absolute atomic E-state index is 11.9. The van der Waals surface area contributed by atoms with Gasteiger partial charge in [0.05, 0.1) is 17.7 Å². The molecule has 19 heavy (non-hydrogen) atoms. The van der Waals surface area contributed by atoms with Crippen molar-refractivity contribution >= 4 is 28.3 Å². The molecule has 0 bridgehead atoms. The van der Waals surface area contributed by atoms with Crippen LogP contribution in [-0.2, 0) is 11.3 Å². The summed E-state index contributed by atoms with van der Waals surface area (Å²) in [5.41, 5.74) is 3.86. The van der Waals surface area contributed by atoms with Crippen molar-refractivity contribution in [2.75, 3.05) is 13.7 Å². The number of methoxy groups -OCH3 is 1. The van der Waals surface area contributed by atoms with E-state index in [0.29, 0.717) is 23.9 Å². The minimum Gasteiger partial charge on any atom is -0.383 e. The van der Waals surface area contributed by atoms with E-state index in [-0.39, 0.29) is 5.78 Å². The van der Waals surface area contributed by atoms with E-state index in [1.165, 1.54) is 0 Å². The fourth-order valence-electron chi connectivity index (χ4n) is 2.55. The molecule has 0 saturated carbocycles. The van der Waals surface area contributed by atoms with Crippen LogP contribution in [0.2, 0.25) is 5.15 Å². The van der Waals surface area contributed by atoms with Gasteiger partial charge in [0.25, 0.3) is 0 Å². The Bertz CT molecular complexity index is 643. The summed E-state index contributed by atoms with van der Waals surface area (Å²) < 4.78 is 7.07. The topological polar surface area (TPSA) is 31.2 Å². The molecule has 0 amide bonds. The number of fused-ring (bicyclic) bond motifs is 1. The number of benzene rings is 1. The van der Waals surface area contributed by atoms with Crippen LogP contribution < -0.4 is 0 Å². The van der Waals surface area contributed by atoms with Gasteiger partial charge in [-0.25, -0.2) is 0 Å². The first kappa shape index (κ1) is 14.1.